The largest absolute Gasteiger partial charge is 0.500 e. The molecule has 0 atom stereocenters. The Kier molecular flexibility index (Phi) is 29.6. The highest BCUT2D eigenvalue weighted by Gasteiger charge is 2.36. The number of hydrogen-bond donors (Lipinski definition) is 0. The summed E-state index contributed by atoms with van der Waals surface area (Å²) in [6.07, 6.45) is 35.8. The van der Waals surface area contributed by atoms with Gasteiger partial charge in [0.05, 0.1) is 6.54 Å². The first kappa shape index (κ1) is 36.5. The minimum atomic E-state index is -2.35. The quantitative estimate of drug-likeness (QED) is 0.0379. The third-order valence-corrected chi connectivity index (χ3v) is 10.6. The number of aliphatic imine (C=N–C) groups is 1. The van der Waals surface area contributed by atoms with Crippen molar-refractivity contribution in [2.75, 3.05) is 27.9 Å². The smallest absolute Gasteiger partial charge is 0.377 e. The predicted octanol–water partition coefficient (Wildman–Crippen LogP) is 9.95. The molecule has 220 valence electrons. The Balaban J connectivity index is 3.14. The second-order valence-electron chi connectivity index (χ2n) is 10.9. The lowest BCUT2D eigenvalue weighted by Gasteiger charge is -2.24. The first-order valence-corrected chi connectivity index (χ1v) is 17.9. The van der Waals surface area contributed by atoms with Crippen molar-refractivity contribution >= 4 is 14.9 Å². The minimum Gasteiger partial charge on any atom is -0.377 e. The van der Waals surface area contributed by atoms with Gasteiger partial charge >= 0.3 is 8.80 Å². The Bertz CT molecular complexity index is 487. The number of nitrogens with zero attached hydrogens (tertiary/aromatic N) is 1. The third-order valence-electron chi connectivity index (χ3n) is 7.75. The number of rotatable bonds is 31. The number of unbranched alkanes of at least 4 members (excludes halogenated alkanes) is 24. The highest BCUT2D eigenvalue weighted by molar-refractivity contribution is 6.60. The summed E-state index contributed by atoms with van der Waals surface area (Å²) in [5.74, 6) is 0. The van der Waals surface area contributed by atoms with Crippen LogP contribution in [0.3, 0.4) is 0 Å². The van der Waals surface area contributed by atoms with Crippen LogP contribution in [0.4, 0.5) is 0 Å². The number of hydrogen-bond acceptors (Lipinski definition) is 5. The van der Waals surface area contributed by atoms with E-state index in [1.165, 1.54) is 148 Å². The molecule has 0 N–H and O–H groups in total. The van der Waals surface area contributed by atoms with Gasteiger partial charge in [-0.1, -0.05) is 148 Å². The van der Waals surface area contributed by atoms with Crippen LogP contribution in [0.1, 0.15) is 161 Å². The minimum absolute atomic E-state index is 0.662. The summed E-state index contributed by atoms with van der Waals surface area (Å²) >= 11 is 0. The monoisotopic (exact) mass is 541 g/mol. The van der Waals surface area contributed by atoms with Gasteiger partial charge in [-0.05, 0) is 12.8 Å². The Labute approximate surface area is 232 Å². The van der Waals surface area contributed by atoms with Gasteiger partial charge < -0.3 is 13.3 Å². The Hall–Kier alpha value is -0.523. The molecule has 0 spiro atoms. The molecule has 0 aliphatic rings. The molecule has 0 bridgehead atoms. The van der Waals surface area contributed by atoms with Crippen molar-refractivity contribution in [3.8, 4) is 0 Å². The van der Waals surface area contributed by atoms with Crippen LogP contribution in [0.2, 0.25) is 6.04 Å². The lowest BCUT2D eigenvalue weighted by Crippen LogP contribution is -2.42. The molecule has 0 saturated carbocycles. The van der Waals surface area contributed by atoms with E-state index in [4.69, 9.17) is 13.3 Å². The summed E-state index contributed by atoms with van der Waals surface area (Å²) in [6.45, 7) is 0.662. The molecule has 0 aliphatic heterocycles. The molecular weight excluding hydrogens is 478 g/mol. The molecule has 0 radical (unpaired) electrons. The van der Waals surface area contributed by atoms with E-state index < -0.39 is 8.80 Å². The maximum Gasteiger partial charge on any atom is 0.500 e. The van der Waals surface area contributed by atoms with Crippen LogP contribution in [-0.2, 0) is 18.1 Å². The van der Waals surface area contributed by atoms with Gasteiger partial charge in [-0.25, -0.2) is 9.79 Å². The average molecular weight is 542 g/mol. The summed E-state index contributed by atoms with van der Waals surface area (Å²) in [7, 11) is 2.76. The molecule has 0 aromatic carbocycles. The summed E-state index contributed by atoms with van der Waals surface area (Å²) < 4.78 is 16.5. The summed E-state index contributed by atoms with van der Waals surface area (Å²) in [5, 5.41) is 0. The van der Waals surface area contributed by atoms with Crippen LogP contribution in [0.15, 0.2) is 4.99 Å². The molecule has 0 rings (SSSR count). The standard InChI is InChI=1S/C31H63NO4Si/c1-34-37(35-2,36-3)30-28-26-24-22-20-18-16-14-12-10-8-6-4-5-7-9-11-13-15-17-19-21-23-25-27-29-32-31-33/h4-30H2,1-3H3. The van der Waals surface area contributed by atoms with Crippen molar-refractivity contribution in [1.82, 2.24) is 0 Å². The maximum atomic E-state index is 9.98. The maximum absolute atomic E-state index is 9.98. The fourth-order valence-electron chi connectivity index (χ4n) is 5.20. The molecule has 6 heteroatoms. The first-order valence-electron chi connectivity index (χ1n) is 15.9. The van der Waals surface area contributed by atoms with Gasteiger partial charge in [0.2, 0.25) is 6.08 Å². The highest BCUT2D eigenvalue weighted by atomic mass is 28.4. The molecule has 0 heterocycles. The van der Waals surface area contributed by atoms with Crippen LogP contribution in [0.25, 0.3) is 0 Å². The normalized spacial score (nSPS) is 11.6. The predicted molar refractivity (Wildman–Crippen MR) is 160 cm³/mol. The Morgan fingerprint density at radius 1 is 0.432 bits per heavy atom. The van der Waals surface area contributed by atoms with E-state index in [1.54, 1.807) is 27.4 Å². The third kappa shape index (κ3) is 25.5. The molecule has 37 heavy (non-hydrogen) atoms. The van der Waals surface area contributed by atoms with Crippen molar-refractivity contribution in [2.45, 2.75) is 167 Å². The average Bonchev–Trinajstić information content (AvgIpc) is 2.92. The molecule has 0 aromatic heterocycles. The number of isocyanates is 1. The van der Waals surface area contributed by atoms with Gasteiger partial charge in [-0.3, -0.25) is 0 Å². The molecule has 0 saturated heterocycles. The Morgan fingerprint density at radius 2 is 0.676 bits per heavy atom. The fraction of sp³-hybridized carbons (Fsp3) is 0.968. The molecule has 0 amide bonds. The fourth-order valence-corrected chi connectivity index (χ4v) is 7.00. The SMILES string of the molecule is CO[Si](CCCCCCCCCCCCCCCCCCCCCCCCCCCN=C=O)(OC)OC. The van der Waals surface area contributed by atoms with Gasteiger partial charge in [0, 0.05) is 27.4 Å². The van der Waals surface area contributed by atoms with Crippen LogP contribution < -0.4 is 0 Å². The van der Waals surface area contributed by atoms with E-state index in [0.29, 0.717) is 6.54 Å². The van der Waals surface area contributed by atoms with Crippen molar-refractivity contribution < 1.29 is 18.1 Å². The van der Waals surface area contributed by atoms with Crippen molar-refractivity contribution in [1.29, 1.82) is 0 Å². The van der Waals surface area contributed by atoms with E-state index in [1.807, 2.05) is 0 Å². The van der Waals surface area contributed by atoms with E-state index in [0.717, 1.165) is 18.9 Å². The lowest BCUT2D eigenvalue weighted by molar-refractivity contribution is 0.122. The zero-order valence-corrected chi connectivity index (χ0v) is 26.2. The van der Waals surface area contributed by atoms with E-state index in [-0.39, 0.29) is 0 Å². The van der Waals surface area contributed by atoms with Crippen LogP contribution in [0, 0.1) is 0 Å². The van der Waals surface area contributed by atoms with Gasteiger partial charge in [0.1, 0.15) is 0 Å². The topological polar surface area (TPSA) is 57.1 Å². The Morgan fingerprint density at radius 3 is 0.919 bits per heavy atom. The summed E-state index contributed by atoms with van der Waals surface area (Å²) in [5.41, 5.74) is 0. The van der Waals surface area contributed by atoms with Gasteiger partial charge in [-0.2, -0.15) is 0 Å². The highest BCUT2D eigenvalue weighted by Crippen LogP contribution is 2.19. The molecular formula is C31H63NO4Si. The van der Waals surface area contributed by atoms with E-state index in [9.17, 15) is 4.79 Å². The first-order chi connectivity index (χ1) is 18.2. The summed E-state index contributed by atoms with van der Waals surface area (Å²) in [6, 6.07) is 0.932. The second kappa shape index (κ2) is 30.0. The van der Waals surface area contributed by atoms with Gasteiger partial charge in [0.25, 0.3) is 0 Å². The summed E-state index contributed by atoms with van der Waals surface area (Å²) in [4.78, 5) is 13.6. The van der Waals surface area contributed by atoms with Crippen LogP contribution >= 0.6 is 0 Å². The second-order valence-corrected chi connectivity index (χ2v) is 13.9. The van der Waals surface area contributed by atoms with Gasteiger partial charge in [0.15, 0.2) is 0 Å². The van der Waals surface area contributed by atoms with Crippen LogP contribution in [0.5, 0.6) is 0 Å². The van der Waals surface area contributed by atoms with Gasteiger partial charge in [-0.15, -0.1) is 0 Å². The van der Waals surface area contributed by atoms with Crippen molar-refractivity contribution in [3.63, 3.8) is 0 Å². The molecule has 0 unspecified atom stereocenters. The molecule has 0 aromatic rings. The number of carbonyl (C=O) groups excluding carboxylic acids is 1. The molecule has 0 aliphatic carbocycles. The molecule has 0 fully saturated rings. The molecule has 5 nitrogen and oxygen atoms in total. The van der Waals surface area contributed by atoms with E-state index >= 15 is 0 Å². The van der Waals surface area contributed by atoms with Crippen LogP contribution in [-0.4, -0.2) is 42.8 Å². The van der Waals surface area contributed by atoms with E-state index in [2.05, 4.69) is 4.99 Å². The van der Waals surface area contributed by atoms with Crippen molar-refractivity contribution in [3.05, 3.63) is 0 Å². The zero-order chi connectivity index (χ0) is 27.1. The lowest BCUT2D eigenvalue weighted by atomic mass is 10.0. The van der Waals surface area contributed by atoms with Crippen molar-refractivity contribution in [2.24, 2.45) is 4.99 Å². The zero-order valence-electron chi connectivity index (χ0n) is 25.2.